The van der Waals surface area contributed by atoms with E-state index in [0.717, 1.165) is 27.1 Å². The Kier molecular flexibility index (Phi) is 4.74. The van der Waals surface area contributed by atoms with Gasteiger partial charge in [-0.3, -0.25) is 4.79 Å². The molecule has 0 bridgehead atoms. The number of nitrogens with zero attached hydrogens (tertiary/aromatic N) is 1. The molecule has 0 atom stereocenters. The van der Waals surface area contributed by atoms with Crippen molar-refractivity contribution in [2.45, 2.75) is 13.8 Å². The Balaban J connectivity index is 2.39. The highest BCUT2D eigenvalue weighted by molar-refractivity contribution is 9.10. The number of benzene rings is 1. The minimum Gasteiger partial charge on any atom is -0.464 e. The predicted molar refractivity (Wildman–Crippen MR) is 85.6 cm³/mol. The molecule has 1 aromatic heterocycles. The fourth-order valence-corrected chi connectivity index (χ4v) is 2.90. The van der Waals surface area contributed by atoms with E-state index in [0.29, 0.717) is 5.13 Å². The molecular weight excluding hydrogens is 356 g/mol. The van der Waals surface area contributed by atoms with Crippen LogP contribution in [0.25, 0.3) is 0 Å². The molecule has 110 valence electrons. The summed E-state index contributed by atoms with van der Waals surface area (Å²) in [7, 11) is 1.26. The second-order valence-electron chi connectivity index (χ2n) is 4.35. The number of halogens is 1. The minimum absolute atomic E-state index is 0.0428. The number of esters is 1. The maximum Gasteiger partial charge on any atom is 0.358 e. The highest BCUT2D eigenvalue weighted by Crippen LogP contribution is 2.31. The molecule has 0 saturated heterocycles. The monoisotopic (exact) mass is 368 g/mol. The van der Waals surface area contributed by atoms with Crippen LogP contribution in [0.15, 0.2) is 22.7 Å². The fourth-order valence-electron chi connectivity index (χ4n) is 1.70. The number of rotatable bonds is 4. The normalized spacial score (nSPS) is 10.3. The molecule has 1 N–H and O–H groups in total. The van der Waals surface area contributed by atoms with Gasteiger partial charge in [0.2, 0.25) is 0 Å². The lowest BCUT2D eigenvalue weighted by Crippen LogP contribution is -2.07. The molecule has 7 heteroatoms. The summed E-state index contributed by atoms with van der Waals surface area (Å²) in [5.41, 5.74) is 1.94. The highest BCUT2D eigenvalue weighted by atomic mass is 79.9. The van der Waals surface area contributed by atoms with Crippen molar-refractivity contribution in [3.8, 4) is 0 Å². The van der Waals surface area contributed by atoms with Crippen LogP contribution >= 0.6 is 27.3 Å². The van der Waals surface area contributed by atoms with Crippen molar-refractivity contribution in [2.24, 2.45) is 0 Å². The molecule has 5 nitrogen and oxygen atoms in total. The van der Waals surface area contributed by atoms with Gasteiger partial charge >= 0.3 is 5.97 Å². The van der Waals surface area contributed by atoms with Crippen molar-refractivity contribution in [3.63, 3.8) is 0 Å². The number of methoxy groups -OCH3 is 1. The van der Waals surface area contributed by atoms with E-state index in [1.165, 1.54) is 14.0 Å². The quantitative estimate of drug-likeness (QED) is 0.653. The van der Waals surface area contributed by atoms with Crippen molar-refractivity contribution < 1.29 is 14.3 Å². The van der Waals surface area contributed by atoms with Crippen molar-refractivity contribution in [1.29, 1.82) is 0 Å². The van der Waals surface area contributed by atoms with E-state index >= 15 is 0 Å². The Hall–Kier alpha value is -1.73. The van der Waals surface area contributed by atoms with E-state index in [9.17, 15) is 9.59 Å². The number of aromatic nitrogens is 1. The number of Topliss-reactive ketones (excluding diaryl/α,β-unsaturated/α-hetero) is 1. The van der Waals surface area contributed by atoms with Gasteiger partial charge in [0.25, 0.3) is 0 Å². The average Bonchev–Trinajstić information content (AvgIpc) is 2.86. The maximum atomic E-state index is 11.7. The van der Waals surface area contributed by atoms with Crippen LogP contribution in [0, 0.1) is 6.92 Å². The van der Waals surface area contributed by atoms with Crippen LogP contribution in [-0.2, 0) is 4.74 Å². The zero-order valence-corrected chi connectivity index (χ0v) is 14.1. The van der Waals surface area contributed by atoms with Crippen LogP contribution in [0.4, 0.5) is 10.8 Å². The summed E-state index contributed by atoms with van der Waals surface area (Å²) in [5, 5.41) is 3.57. The van der Waals surface area contributed by atoms with E-state index in [4.69, 9.17) is 0 Å². The minimum atomic E-state index is -0.618. The van der Waals surface area contributed by atoms with Gasteiger partial charge in [0.05, 0.1) is 12.8 Å². The molecular formula is C14H13BrN2O3S. The standard InChI is InChI=1S/C14H13BrN2O3S/c1-7-4-5-9(15)10(6-7)16-14-17-11(13(19)20-3)12(21-14)8(2)18/h4-6H,1-3H3,(H,16,17). The third-order valence-corrected chi connectivity index (χ3v) is 4.45. The van der Waals surface area contributed by atoms with Crippen LogP contribution in [0.5, 0.6) is 0 Å². The van der Waals surface area contributed by atoms with Gasteiger partial charge in [-0.25, -0.2) is 9.78 Å². The number of carbonyl (C=O) groups is 2. The molecule has 0 aliphatic rings. The first-order chi connectivity index (χ1) is 9.92. The van der Waals surface area contributed by atoms with Crippen LogP contribution in [-0.4, -0.2) is 23.8 Å². The summed E-state index contributed by atoms with van der Waals surface area (Å²) in [6, 6.07) is 5.83. The molecule has 0 aliphatic carbocycles. The van der Waals surface area contributed by atoms with Crippen LogP contribution in [0.2, 0.25) is 0 Å². The Labute approximate surface area is 134 Å². The van der Waals surface area contributed by atoms with E-state index in [2.05, 4.69) is 31.0 Å². The lowest BCUT2D eigenvalue weighted by Gasteiger charge is -2.06. The summed E-state index contributed by atoms with van der Waals surface area (Å²) in [6.45, 7) is 3.37. The molecule has 0 aliphatic heterocycles. The molecule has 0 fully saturated rings. The molecule has 21 heavy (non-hydrogen) atoms. The van der Waals surface area contributed by atoms with Crippen LogP contribution in [0.3, 0.4) is 0 Å². The summed E-state index contributed by atoms with van der Waals surface area (Å²) in [5.74, 6) is -0.836. The topological polar surface area (TPSA) is 68.3 Å². The highest BCUT2D eigenvalue weighted by Gasteiger charge is 2.22. The number of carbonyl (C=O) groups excluding carboxylic acids is 2. The molecule has 1 aromatic carbocycles. The van der Waals surface area contributed by atoms with Gasteiger partial charge in [-0.1, -0.05) is 17.4 Å². The van der Waals surface area contributed by atoms with Gasteiger partial charge in [0.15, 0.2) is 16.6 Å². The van der Waals surface area contributed by atoms with Gasteiger partial charge in [0.1, 0.15) is 4.88 Å². The first-order valence-electron chi connectivity index (χ1n) is 6.05. The van der Waals surface area contributed by atoms with Gasteiger partial charge in [0, 0.05) is 11.4 Å². The molecule has 2 aromatic rings. The largest absolute Gasteiger partial charge is 0.464 e. The average molecular weight is 369 g/mol. The van der Waals surface area contributed by atoms with E-state index in [-0.39, 0.29) is 16.4 Å². The maximum absolute atomic E-state index is 11.7. The number of ether oxygens (including phenoxy) is 1. The SMILES string of the molecule is COC(=O)c1nc(Nc2cc(C)ccc2Br)sc1C(C)=O. The number of thiazole rings is 1. The number of aryl methyl sites for hydroxylation is 1. The predicted octanol–water partition coefficient (Wildman–Crippen LogP) is 3.95. The molecule has 0 unspecified atom stereocenters. The van der Waals surface area contributed by atoms with Gasteiger partial charge in [-0.05, 0) is 40.5 Å². The fraction of sp³-hybridized carbons (Fsp3) is 0.214. The van der Waals surface area contributed by atoms with E-state index in [1.54, 1.807) is 0 Å². The summed E-state index contributed by atoms with van der Waals surface area (Å²) in [4.78, 5) is 27.7. The molecule has 0 radical (unpaired) electrons. The number of hydrogen-bond donors (Lipinski definition) is 1. The lowest BCUT2D eigenvalue weighted by molar-refractivity contribution is 0.0591. The van der Waals surface area contributed by atoms with Gasteiger partial charge in [-0.15, -0.1) is 0 Å². The zero-order chi connectivity index (χ0) is 15.6. The lowest BCUT2D eigenvalue weighted by atomic mass is 10.2. The Bertz CT molecular complexity index is 712. The van der Waals surface area contributed by atoms with Crippen molar-refractivity contribution in [1.82, 2.24) is 4.98 Å². The van der Waals surface area contributed by atoms with Gasteiger partial charge < -0.3 is 10.1 Å². The van der Waals surface area contributed by atoms with Crippen LogP contribution in [0.1, 0.15) is 32.6 Å². The van der Waals surface area contributed by atoms with Gasteiger partial charge in [-0.2, -0.15) is 0 Å². The van der Waals surface area contributed by atoms with E-state index in [1.807, 2.05) is 25.1 Å². The van der Waals surface area contributed by atoms with Crippen molar-refractivity contribution in [3.05, 3.63) is 38.8 Å². The first kappa shape index (κ1) is 15.7. The van der Waals surface area contributed by atoms with E-state index < -0.39 is 5.97 Å². The third kappa shape index (κ3) is 3.48. The zero-order valence-electron chi connectivity index (χ0n) is 11.7. The molecule has 1 heterocycles. The third-order valence-electron chi connectivity index (χ3n) is 2.69. The smallest absolute Gasteiger partial charge is 0.358 e. The van der Waals surface area contributed by atoms with Crippen LogP contribution < -0.4 is 5.32 Å². The number of ketones is 1. The van der Waals surface area contributed by atoms with Crippen molar-refractivity contribution >= 4 is 49.8 Å². The Morgan fingerprint density at radius 3 is 2.71 bits per heavy atom. The Morgan fingerprint density at radius 2 is 2.10 bits per heavy atom. The Morgan fingerprint density at radius 1 is 1.38 bits per heavy atom. The molecule has 0 amide bonds. The summed E-state index contributed by atoms with van der Waals surface area (Å²) >= 11 is 4.57. The first-order valence-corrected chi connectivity index (χ1v) is 7.66. The second kappa shape index (κ2) is 6.36. The molecule has 0 saturated carbocycles. The summed E-state index contributed by atoms with van der Waals surface area (Å²) in [6.07, 6.45) is 0. The number of nitrogens with one attached hydrogen (secondary N) is 1. The molecule has 2 rings (SSSR count). The second-order valence-corrected chi connectivity index (χ2v) is 6.21. The van der Waals surface area contributed by atoms with Crippen molar-refractivity contribution in [2.75, 3.05) is 12.4 Å². The number of anilines is 2. The summed E-state index contributed by atoms with van der Waals surface area (Å²) < 4.78 is 5.52. The number of hydrogen-bond acceptors (Lipinski definition) is 6. The molecule has 0 spiro atoms.